The fourth-order valence-electron chi connectivity index (χ4n) is 3.31. The number of benzene rings is 1. The second kappa shape index (κ2) is 7.13. The van der Waals surface area contributed by atoms with Gasteiger partial charge >= 0.3 is 6.03 Å². The number of hydrogen-bond donors (Lipinski definition) is 2. The van der Waals surface area contributed by atoms with Crippen LogP contribution >= 0.6 is 0 Å². The third-order valence-corrected chi connectivity index (χ3v) is 4.56. The molecule has 2 fully saturated rings. The van der Waals surface area contributed by atoms with Gasteiger partial charge in [0, 0.05) is 25.6 Å². The van der Waals surface area contributed by atoms with Crippen LogP contribution in [0.5, 0.6) is 0 Å². The highest BCUT2D eigenvalue weighted by Gasteiger charge is 2.44. The fraction of sp³-hybridized carbons (Fsp3) is 0.500. The van der Waals surface area contributed by atoms with Crippen LogP contribution in [-0.4, -0.2) is 65.4 Å². The highest BCUT2D eigenvalue weighted by Crippen LogP contribution is 2.18. The molecule has 2 atom stereocenters. The third kappa shape index (κ3) is 3.75. The summed E-state index contributed by atoms with van der Waals surface area (Å²) in [4.78, 5) is 40.6. The molecule has 2 N–H and O–H groups in total. The summed E-state index contributed by atoms with van der Waals surface area (Å²) in [5.74, 6) is -0.264. The molecule has 3 rings (SSSR count). The first-order chi connectivity index (χ1) is 12.0. The number of amides is 4. The normalized spacial score (nSPS) is 23.3. The van der Waals surface area contributed by atoms with Crippen molar-refractivity contribution in [1.82, 2.24) is 20.4 Å². The highest BCUT2D eigenvalue weighted by molar-refractivity contribution is 5.97. The lowest BCUT2D eigenvalue weighted by Crippen LogP contribution is -2.70. The van der Waals surface area contributed by atoms with E-state index < -0.39 is 12.1 Å². The van der Waals surface area contributed by atoms with Gasteiger partial charge in [-0.2, -0.15) is 0 Å². The maximum absolute atomic E-state index is 12.8. The fourth-order valence-corrected chi connectivity index (χ4v) is 3.31. The van der Waals surface area contributed by atoms with Crippen LogP contribution in [0.3, 0.4) is 0 Å². The molecular weight excluding hydrogens is 320 g/mol. The van der Waals surface area contributed by atoms with Crippen LogP contribution in [0.1, 0.15) is 19.4 Å². The molecule has 2 saturated heterocycles. The number of piperazine rings is 2. The SMILES string of the molecule is CC(C)NC(=O)N1CCN2C(=O)[C@@H](Cc3ccccc3)NC(=O)[C@@H]2C1. The lowest BCUT2D eigenvalue weighted by atomic mass is 9.99. The summed E-state index contributed by atoms with van der Waals surface area (Å²) in [5.41, 5.74) is 1.01. The molecule has 2 heterocycles. The Hall–Kier alpha value is -2.57. The smallest absolute Gasteiger partial charge is 0.317 e. The lowest BCUT2D eigenvalue weighted by Gasteiger charge is -2.45. The van der Waals surface area contributed by atoms with Crippen molar-refractivity contribution in [3.8, 4) is 0 Å². The zero-order valence-electron chi connectivity index (χ0n) is 14.6. The molecule has 0 aromatic heterocycles. The molecule has 0 spiro atoms. The molecule has 1 aromatic carbocycles. The van der Waals surface area contributed by atoms with Crippen molar-refractivity contribution in [2.24, 2.45) is 0 Å². The zero-order valence-corrected chi connectivity index (χ0v) is 14.6. The average molecular weight is 344 g/mol. The summed E-state index contributed by atoms with van der Waals surface area (Å²) >= 11 is 0. The van der Waals surface area contributed by atoms with Gasteiger partial charge in [-0.3, -0.25) is 9.59 Å². The van der Waals surface area contributed by atoms with E-state index in [0.717, 1.165) is 5.56 Å². The topological polar surface area (TPSA) is 81.8 Å². The molecule has 25 heavy (non-hydrogen) atoms. The summed E-state index contributed by atoms with van der Waals surface area (Å²) < 4.78 is 0. The number of hydrogen-bond acceptors (Lipinski definition) is 3. The van der Waals surface area contributed by atoms with Crippen molar-refractivity contribution in [1.29, 1.82) is 0 Å². The maximum atomic E-state index is 12.8. The number of nitrogens with one attached hydrogen (secondary N) is 2. The standard InChI is InChI=1S/C18H24N4O3/c1-12(2)19-18(25)21-8-9-22-15(11-21)16(23)20-14(17(22)24)10-13-6-4-3-5-7-13/h3-7,12,14-15H,8-11H2,1-2H3,(H,19,25)(H,20,23)/t14-,15+/m1/s1. The Balaban J connectivity index is 1.67. The quantitative estimate of drug-likeness (QED) is 0.831. The predicted octanol–water partition coefficient (Wildman–Crippen LogP) is 0.358. The Kier molecular flexibility index (Phi) is 4.92. The Labute approximate surface area is 147 Å². The van der Waals surface area contributed by atoms with Crippen LogP contribution in [0.15, 0.2) is 30.3 Å². The number of carbonyl (C=O) groups is 3. The lowest BCUT2D eigenvalue weighted by molar-refractivity contribution is -0.152. The molecule has 0 unspecified atom stereocenters. The minimum Gasteiger partial charge on any atom is -0.342 e. The van der Waals surface area contributed by atoms with Crippen LogP contribution in [0.25, 0.3) is 0 Å². The molecule has 4 amide bonds. The summed E-state index contributed by atoms with van der Waals surface area (Å²) in [6.45, 7) is 4.83. The minimum absolute atomic E-state index is 0.0302. The maximum Gasteiger partial charge on any atom is 0.317 e. The van der Waals surface area contributed by atoms with E-state index in [0.29, 0.717) is 19.5 Å². The molecular formula is C18H24N4O3. The molecule has 7 nitrogen and oxygen atoms in total. The Morgan fingerprint density at radius 3 is 2.64 bits per heavy atom. The van der Waals surface area contributed by atoms with Crippen molar-refractivity contribution >= 4 is 17.8 Å². The zero-order chi connectivity index (χ0) is 18.0. The summed E-state index contributed by atoms with van der Waals surface area (Å²) in [6, 6.07) is 8.33. The second-order valence-corrected chi connectivity index (χ2v) is 6.85. The Morgan fingerprint density at radius 2 is 1.96 bits per heavy atom. The first-order valence-corrected chi connectivity index (χ1v) is 8.66. The average Bonchev–Trinajstić information content (AvgIpc) is 2.59. The number of urea groups is 1. The van der Waals surface area contributed by atoms with Crippen LogP contribution in [0, 0.1) is 0 Å². The molecule has 0 aliphatic carbocycles. The van der Waals surface area contributed by atoms with E-state index >= 15 is 0 Å². The highest BCUT2D eigenvalue weighted by atomic mass is 16.2. The molecule has 134 valence electrons. The van der Waals surface area contributed by atoms with Gasteiger partial charge in [-0.05, 0) is 19.4 Å². The summed E-state index contributed by atoms with van der Waals surface area (Å²) in [6.07, 6.45) is 0.478. The molecule has 2 aliphatic rings. The van der Waals surface area contributed by atoms with Gasteiger partial charge < -0.3 is 20.4 Å². The largest absolute Gasteiger partial charge is 0.342 e. The molecule has 0 saturated carbocycles. The first kappa shape index (κ1) is 17.3. The van der Waals surface area contributed by atoms with E-state index in [1.807, 2.05) is 44.2 Å². The van der Waals surface area contributed by atoms with Gasteiger partial charge in [0.1, 0.15) is 12.1 Å². The Morgan fingerprint density at radius 1 is 1.24 bits per heavy atom. The van der Waals surface area contributed by atoms with Gasteiger partial charge in [0.05, 0.1) is 6.54 Å². The van der Waals surface area contributed by atoms with Crippen molar-refractivity contribution in [3.05, 3.63) is 35.9 Å². The van der Waals surface area contributed by atoms with E-state index in [-0.39, 0.29) is 30.4 Å². The van der Waals surface area contributed by atoms with Gasteiger partial charge in [0.25, 0.3) is 0 Å². The number of nitrogens with zero attached hydrogens (tertiary/aromatic N) is 2. The van der Waals surface area contributed by atoms with Crippen molar-refractivity contribution in [2.45, 2.75) is 38.4 Å². The molecule has 1 aromatic rings. The first-order valence-electron chi connectivity index (χ1n) is 8.66. The van der Waals surface area contributed by atoms with Gasteiger partial charge in [0.15, 0.2) is 0 Å². The third-order valence-electron chi connectivity index (χ3n) is 4.56. The predicted molar refractivity (Wildman–Crippen MR) is 92.8 cm³/mol. The van der Waals surface area contributed by atoms with Gasteiger partial charge in [-0.1, -0.05) is 30.3 Å². The van der Waals surface area contributed by atoms with Gasteiger partial charge in [0.2, 0.25) is 11.8 Å². The number of carbonyl (C=O) groups excluding carboxylic acids is 3. The minimum atomic E-state index is -0.605. The van der Waals surface area contributed by atoms with Crippen LogP contribution in [-0.2, 0) is 16.0 Å². The number of fused-ring (bicyclic) bond motifs is 1. The molecule has 0 radical (unpaired) electrons. The van der Waals surface area contributed by atoms with E-state index in [2.05, 4.69) is 10.6 Å². The van der Waals surface area contributed by atoms with Crippen molar-refractivity contribution in [3.63, 3.8) is 0 Å². The number of rotatable bonds is 3. The summed E-state index contributed by atoms with van der Waals surface area (Å²) in [7, 11) is 0. The van der Waals surface area contributed by atoms with Crippen LogP contribution < -0.4 is 10.6 Å². The van der Waals surface area contributed by atoms with E-state index in [9.17, 15) is 14.4 Å². The second-order valence-electron chi connectivity index (χ2n) is 6.85. The van der Waals surface area contributed by atoms with E-state index in [1.54, 1.807) is 9.80 Å². The van der Waals surface area contributed by atoms with Crippen molar-refractivity contribution < 1.29 is 14.4 Å². The molecule has 0 bridgehead atoms. The van der Waals surface area contributed by atoms with Gasteiger partial charge in [-0.15, -0.1) is 0 Å². The van der Waals surface area contributed by atoms with Crippen molar-refractivity contribution in [2.75, 3.05) is 19.6 Å². The van der Waals surface area contributed by atoms with Crippen LogP contribution in [0.2, 0.25) is 0 Å². The van der Waals surface area contributed by atoms with Gasteiger partial charge in [-0.25, -0.2) is 4.79 Å². The summed E-state index contributed by atoms with van der Waals surface area (Å²) in [5, 5.41) is 5.65. The molecule has 2 aliphatic heterocycles. The monoisotopic (exact) mass is 344 g/mol. The van der Waals surface area contributed by atoms with E-state index in [4.69, 9.17) is 0 Å². The molecule has 7 heteroatoms. The van der Waals surface area contributed by atoms with E-state index in [1.165, 1.54) is 0 Å². The van der Waals surface area contributed by atoms with Crippen LogP contribution in [0.4, 0.5) is 4.79 Å². The Bertz CT molecular complexity index is 662.